The first-order chi connectivity index (χ1) is 18.6. The Morgan fingerprint density at radius 1 is 1.08 bits per heavy atom. The Balaban J connectivity index is 1.40. The van der Waals surface area contributed by atoms with Gasteiger partial charge in [-0.05, 0) is 55.4 Å². The lowest BCUT2D eigenvalue weighted by atomic mass is 9.90. The summed E-state index contributed by atoms with van der Waals surface area (Å²) in [5.74, 6) is 1.62. The minimum atomic E-state index is -0.773. The number of hydrogen-bond acceptors (Lipinski definition) is 5. The molecular weight excluding hydrogens is 509 g/mol. The molecule has 9 heteroatoms. The number of carbonyl (C=O) groups is 1. The number of benzene rings is 2. The zero-order chi connectivity index (χ0) is 26.1. The number of nitrogens with one attached hydrogen (secondary N) is 1. The van der Waals surface area contributed by atoms with Gasteiger partial charge >= 0.3 is 0 Å². The minimum absolute atomic E-state index is 0.0195. The molecule has 1 aromatic heterocycles. The topological polar surface area (TPSA) is 74.6 Å². The van der Waals surface area contributed by atoms with Crippen molar-refractivity contribution in [1.29, 1.82) is 0 Å². The van der Waals surface area contributed by atoms with Gasteiger partial charge in [-0.25, -0.2) is 9.37 Å². The molecule has 0 radical (unpaired) electrons. The second kappa shape index (κ2) is 11.1. The lowest BCUT2D eigenvalue weighted by Gasteiger charge is -2.25. The van der Waals surface area contributed by atoms with Crippen molar-refractivity contribution >= 4 is 28.5 Å². The average molecular weight is 542 g/mol. The van der Waals surface area contributed by atoms with Crippen molar-refractivity contribution in [3.63, 3.8) is 0 Å². The van der Waals surface area contributed by atoms with Crippen molar-refractivity contribution in [3.8, 4) is 11.5 Å². The number of carbonyl (C=O) groups excluding carboxylic acids is 1. The summed E-state index contributed by atoms with van der Waals surface area (Å²) in [6.07, 6.45) is 10.2. The first-order valence-corrected chi connectivity index (χ1v) is 14.1. The van der Waals surface area contributed by atoms with Crippen LogP contribution in [0.5, 0.6) is 11.5 Å². The molecule has 2 aliphatic carbocycles. The molecule has 2 heterocycles. The van der Waals surface area contributed by atoms with E-state index in [1.165, 1.54) is 38.2 Å². The summed E-state index contributed by atoms with van der Waals surface area (Å²) in [6, 6.07) is 7.75. The number of aromatic nitrogens is 2. The van der Waals surface area contributed by atoms with Crippen molar-refractivity contribution in [2.45, 2.75) is 76.5 Å². The van der Waals surface area contributed by atoms with E-state index in [-0.39, 0.29) is 30.4 Å². The number of nitrogens with zero attached hydrogens (tertiary/aromatic N) is 2. The normalized spacial score (nSPS) is 18.8. The van der Waals surface area contributed by atoms with Crippen LogP contribution in [0.4, 0.5) is 4.39 Å². The van der Waals surface area contributed by atoms with E-state index in [2.05, 4.69) is 5.32 Å². The van der Waals surface area contributed by atoms with Gasteiger partial charge in [0, 0.05) is 18.7 Å². The summed E-state index contributed by atoms with van der Waals surface area (Å²) < 4.78 is 33.6. The van der Waals surface area contributed by atoms with Crippen LogP contribution in [0, 0.1) is 11.7 Å². The number of hydrogen-bond donors (Lipinski definition) is 1. The van der Waals surface area contributed by atoms with Crippen molar-refractivity contribution < 1.29 is 23.4 Å². The number of ether oxygens (including phenoxy) is 3. The SMILES string of the molecule is O=C(NC1CCCC1)C(c1ccc2c(c1)OCO2)n1c(COCC2CCCCC2)nc2cc(F)c(Cl)cc21. The summed E-state index contributed by atoms with van der Waals surface area (Å²) in [6.45, 7) is 0.990. The first kappa shape index (κ1) is 25.4. The minimum Gasteiger partial charge on any atom is -0.454 e. The van der Waals surface area contributed by atoms with E-state index in [1.54, 1.807) is 6.07 Å². The monoisotopic (exact) mass is 541 g/mol. The second-order valence-electron chi connectivity index (χ2n) is 10.7. The molecule has 38 heavy (non-hydrogen) atoms. The molecule has 2 fully saturated rings. The van der Waals surface area contributed by atoms with Crippen LogP contribution in [0.1, 0.15) is 75.2 Å². The van der Waals surface area contributed by atoms with E-state index in [1.807, 2.05) is 22.8 Å². The van der Waals surface area contributed by atoms with E-state index in [4.69, 9.17) is 30.8 Å². The molecule has 6 rings (SSSR count). The largest absolute Gasteiger partial charge is 0.454 e. The first-order valence-electron chi connectivity index (χ1n) is 13.7. The van der Waals surface area contributed by atoms with Gasteiger partial charge in [0.2, 0.25) is 12.7 Å². The maximum absolute atomic E-state index is 14.5. The molecule has 3 aliphatic rings. The summed E-state index contributed by atoms with van der Waals surface area (Å²) >= 11 is 6.23. The van der Waals surface area contributed by atoms with E-state index in [0.29, 0.717) is 40.9 Å². The Hall–Kier alpha value is -2.84. The summed E-state index contributed by atoms with van der Waals surface area (Å²) in [7, 11) is 0. The summed E-state index contributed by atoms with van der Waals surface area (Å²) in [5.41, 5.74) is 1.73. The Labute approximate surface area is 226 Å². The van der Waals surface area contributed by atoms with E-state index in [9.17, 15) is 9.18 Å². The molecule has 0 spiro atoms. The third kappa shape index (κ3) is 5.21. The molecule has 2 saturated carbocycles. The average Bonchev–Trinajstić information content (AvgIpc) is 3.67. The van der Waals surface area contributed by atoms with Crippen LogP contribution in [-0.4, -0.2) is 34.9 Å². The van der Waals surface area contributed by atoms with Gasteiger partial charge in [0.25, 0.3) is 0 Å². The van der Waals surface area contributed by atoms with Crippen molar-refractivity contribution in [3.05, 3.63) is 52.6 Å². The van der Waals surface area contributed by atoms with Crippen LogP contribution in [0.2, 0.25) is 5.02 Å². The number of fused-ring (bicyclic) bond motifs is 2. The molecule has 202 valence electrons. The summed E-state index contributed by atoms with van der Waals surface area (Å²) in [4.78, 5) is 18.7. The zero-order valence-corrected chi connectivity index (χ0v) is 22.1. The molecule has 1 N–H and O–H groups in total. The highest BCUT2D eigenvalue weighted by molar-refractivity contribution is 6.31. The molecular formula is C29H33ClFN3O4. The maximum atomic E-state index is 14.5. The van der Waals surface area contributed by atoms with Crippen molar-refractivity contribution in [1.82, 2.24) is 14.9 Å². The molecule has 3 aromatic rings. The third-order valence-corrected chi connectivity index (χ3v) is 8.32. The van der Waals surface area contributed by atoms with E-state index in [0.717, 1.165) is 31.2 Å². The fourth-order valence-corrected chi connectivity index (χ4v) is 6.21. The molecule has 2 aromatic carbocycles. The molecule has 1 unspecified atom stereocenters. The molecule has 1 atom stereocenters. The fourth-order valence-electron chi connectivity index (χ4n) is 6.05. The van der Waals surface area contributed by atoms with Crippen LogP contribution in [-0.2, 0) is 16.1 Å². The van der Waals surface area contributed by atoms with Gasteiger partial charge in [-0.3, -0.25) is 4.79 Å². The molecule has 7 nitrogen and oxygen atoms in total. The van der Waals surface area contributed by atoms with Gasteiger partial charge in [0.1, 0.15) is 24.3 Å². The molecule has 0 bridgehead atoms. The van der Waals surface area contributed by atoms with Gasteiger partial charge < -0.3 is 24.1 Å². The Kier molecular flexibility index (Phi) is 7.43. The maximum Gasteiger partial charge on any atom is 0.247 e. The van der Waals surface area contributed by atoms with Crippen molar-refractivity contribution in [2.24, 2.45) is 5.92 Å². The summed E-state index contributed by atoms with van der Waals surface area (Å²) in [5, 5.41) is 3.23. The predicted octanol–water partition coefficient (Wildman–Crippen LogP) is 6.30. The standard InChI is InChI=1S/C29H33ClFN3O4/c30-21-13-24-23(14-22(21)31)33-27(16-36-15-18-6-2-1-3-7-18)34(24)28(29(35)32-20-8-4-5-9-20)19-10-11-25-26(12-19)38-17-37-25/h10-14,18,20,28H,1-9,15-17H2,(H,32,35). The van der Waals surface area contributed by atoms with Gasteiger partial charge in [-0.1, -0.05) is 49.8 Å². The lowest BCUT2D eigenvalue weighted by Crippen LogP contribution is -2.39. The van der Waals surface area contributed by atoms with Crippen LogP contribution >= 0.6 is 11.6 Å². The van der Waals surface area contributed by atoms with Gasteiger partial charge in [0.05, 0.1) is 16.1 Å². The molecule has 1 amide bonds. The molecule has 1 aliphatic heterocycles. The highest BCUT2D eigenvalue weighted by Crippen LogP contribution is 2.37. The number of halogens is 2. The third-order valence-electron chi connectivity index (χ3n) is 8.03. The predicted molar refractivity (Wildman–Crippen MR) is 142 cm³/mol. The van der Waals surface area contributed by atoms with Crippen LogP contribution in [0.15, 0.2) is 30.3 Å². The highest BCUT2D eigenvalue weighted by Gasteiger charge is 2.32. The number of amides is 1. The lowest BCUT2D eigenvalue weighted by molar-refractivity contribution is -0.123. The fraction of sp³-hybridized carbons (Fsp3) is 0.517. The van der Waals surface area contributed by atoms with Gasteiger partial charge in [-0.2, -0.15) is 0 Å². The smallest absolute Gasteiger partial charge is 0.247 e. The van der Waals surface area contributed by atoms with Crippen LogP contribution in [0.25, 0.3) is 11.0 Å². The number of rotatable bonds is 8. The Bertz CT molecular complexity index is 1320. The second-order valence-corrected chi connectivity index (χ2v) is 11.1. The number of imidazole rings is 1. The quantitative estimate of drug-likeness (QED) is 0.362. The Morgan fingerprint density at radius 2 is 1.84 bits per heavy atom. The van der Waals surface area contributed by atoms with Gasteiger partial charge in [-0.15, -0.1) is 0 Å². The Morgan fingerprint density at radius 3 is 2.66 bits per heavy atom. The van der Waals surface area contributed by atoms with Crippen LogP contribution < -0.4 is 14.8 Å². The van der Waals surface area contributed by atoms with E-state index < -0.39 is 11.9 Å². The van der Waals surface area contributed by atoms with E-state index >= 15 is 0 Å². The molecule has 0 saturated heterocycles. The van der Waals surface area contributed by atoms with Crippen molar-refractivity contribution in [2.75, 3.05) is 13.4 Å². The zero-order valence-electron chi connectivity index (χ0n) is 21.4. The van der Waals surface area contributed by atoms with Gasteiger partial charge in [0.15, 0.2) is 11.5 Å². The van der Waals surface area contributed by atoms with Crippen LogP contribution in [0.3, 0.4) is 0 Å². The highest BCUT2D eigenvalue weighted by atomic mass is 35.5.